The first-order valence-electron chi connectivity index (χ1n) is 10.0. The van der Waals surface area contributed by atoms with Crippen LogP contribution in [0.3, 0.4) is 0 Å². The van der Waals surface area contributed by atoms with Crippen molar-refractivity contribution in [1.82, 2.24) is 9.55 Å². The van der Waals surface area contributed by atoms with Crippen molar-refractivity contribution in [3.05, 3.63) is 75.7 Å². The third kappa shape index (κ3) is 5.23. The van der Waals surface area contributed by atoms with E-state index < -0.39 is 11.7 Å². The monoisotopic (exact) mass is 506 g/mol. The number of anilines is 2. The van der Waals surface area contributed by atoms with Crippen LogP contribution >= 0.6 is 22.9 Å². The van der Waals surface area contributed by atoms with Gasteiger partial charge in [0.1, 0.15) is 6.54 Å². The second kappa shape index (κ2) is 9.47. The number of thiophene rings is 1. The normalized spacial score (nSPS) is 11.6. The summed E-state index contributed by atoms with van der Waals surface area (Å²) < 4.78 is 40.5. The number of hydrogen-bond donors (Lipinski definition) is 1. The molecule has 6 nitrogen and oxygen atoms in total. The highest BCUT2D eigenvalue weighted by Crippen LogP contribution is 2.32. The SMILES string of the molecule is CC(=O)Nc1ccc(N(Cc2ccsc2)C(=O)Cn2c(Cl)nc3cc(C(F)(F)F)ccc32)cc1. The average molecular weight is 507 g/mol. The minimum atomic E-state index is -4.51. The van der Waals surface area contributed by atoms with Gasteiger partial charge in [-0.1, -0.05) is 0 Å². The minimum Gasteiger partial charge on any atom is -0.326 e. The summed E-state index contributed by atoms with van der Waals surface area (Å²) in [5.74, 6) is -0.547. The summed E-state index contributed by atoms with van der Waals surface area (Å²) in [5, 5.41) is 6.41. The van der Waals surface area contributed by atoms with Crippen molar-refractivity contribution < 1.29 is 22.8 Å². The van der Waals surface area contributed by atoms with Crippen LogP contribution in [0, 0.1) is 0 Å². The lowest BCUT2D eigenvalue weighted by Gasteiger charge is -2.23. The van der Waals surface area contributed by atoms with Gasteiger partial charge in [0.15, 0.2) is 0 Å². The Bertz CT molecular complexity index is 1340. The van der Waals surface area contributed by atoms with Crippen LogP contribution in [0.4, 0.5) is 24.5 Å². The zero-order valence-corrected chi connectivity index (χ0v) is 19.3. The molecule has 4 aromatic rings. The van der Waals surface area contributed by atoms with E-state index in [9.17, 15) is 22.8 Å². The lowest BCUT2D eigenvalue weighted by Crippen LogP contribution is -2.33. The summed E-state index contributed by atoms with van der Waals surface area (Å²) in [6.45, 7) is 1.46. The summed E-state index contributed by atoms with van der Waals surface area (Å²) in [7, 11) is 0. The molecule has 0 radical (unpaired) electrons. The third-order valence-corrected chi connectivity index (χ3v) is 6.06. The van der Waals surface area contributed by atoms with E-state index in [1.165, 1.54) is 28.9 Å². The van der Waals surface area contributed by atoms with E-state index in [0.717, 1.165) is 17.7 Å². The molecule has 2 heterocycles. The zero-order chi connectivity index (χ0) is 24.5. The molecule has 11 heteroatoms. The highest BCUT2D eigenvalue weighted by atomic mass is 35.5. The average Bonchev–Trinajstić information content (AvgIpc) is 3.39. The Balaban J connectivity index is 1.65. The molecule has 0 fully saturated rings. The molecule has 0 saturated heterocycles. The molecule has 0 aliphatic rings. The van der Waals surface area contributed by atoms with E-state index in [2.05, 4.69) is 10.3 Å². The van der Waals surface area contributed by atoms with Crippen molar-refractivity contribution in [2.24, 2.45) is 0 Å². The van der Waals surface area contributed by atoms with Gasteiger partial charge in [-0.3, -0.25) is 9.59 Å². The summed E-state index contributed by atoms with van der Waals surface area (Å²) in [5.41, 5.74) is 1.62. The molecule has 0 bridgehead atoms. The predicted molar refractivity (Wildman–Crippen MR) is 126 cm³/mol. The number of rotatable bonds is 6. The van der Waals surface area contributed by atoms with Crippen molar-refractivity contribution in [3.63, 3.8) is 0 Å². The van der Waals surface area contributed by atoms with Gasteiger partial charge in [0.2, 0.25) is 17.1 Å². The van der Waals surface area contributed by atoms with Crippen molar-refractivity contribution in [2.45, 2.75) is 26.2 Å². The number of carbonyl (C=O) groups excluding carboxylic acids is 2. The van der Waals surface area contributed by atoms with E-state index >= 15 is 0 Å². The van der Waals surface area contributed by atoms with Gasteiger partial charge >= 0.3 is 6.18 Å². The molecule has 176 valence electrons. The number of benzene rings is 2. The summed E-state index contributed by atoms with van der Waals surface area (Å²) in [6, 6.07) is 11.8. The lowest BCUT2D eigenvalue weighted by atomic mass is 10.2. The van der Waals surface area contributed by atoms with Crippen LogP contribution < -0.4 is 10.2 Å². The van der Waals surface area contributed by atoms with Gasteiger partial charge in [0.05, 0.1) is 23.1 Å². The Labute approximate surface area is 201 Å². The van der Waals surface area contributed by atoms with Gasteiger partial charge in [0.25, 0.3) is 0 Å². The van der Waals surface area contributed by atoms with Gasteiger partial charge in [-0.15, -0.1) is 0 Å². The van der Waals surface area contributed by atoms with Crippen LogP contribution in [0.1, 0.15) is 18.1 Å². The number of nitrogens with zero attached hydrogens (tertiary/aromatic N) is 3. The highest BCUT2D eigenvalue weighted by Gasteiger charge is 2.31. The number of aromatic nitrogens is 2. The number of imidazole rings is 1. The number of hydrogen-bond acceptors (Lipinski definition) is 4. The molecule has 4 rings (SSSR count). The molecule has 0 atom stereocenters. The molecular formula is C23H18ClF3N4O2S. The molecule has 2 aromatic carbocycles. The van der Waals surface area contributed by atoms with E-state index in [-0.39, 0.29) is 35.7 Å². The first-order valence-corrected chi connectivity index (χ1v) is 11.4. The Morgan fingerprint density at radius 1 is 1.15 bits per heavy atom. The molecular weight excluding hydrogens is 489 g/mol. The van der Waals surface area contributed by atoms with E-state index in [1.54, 1.807) is 29.2 Å². The van der Waals surface area contributed by atoms with Gasteiger partial charge in [-0.25, -0.2) is 4.98 Å². The fourth-order valence-electron chi connectivity index (χ4n) is 3.46. The van der Waals surface area contributed by atoms with Crippen molar-refractivity contribution in [1.29, 1.82) is 0 Å². The van der Waals surface area contributed by atoms with E-state index in [4.69, 9.17) is 11.6 Å². The van der Waals surface area contributed by atoms with Crippen molar-refractivity contribution in [2.75, 3.05) is 10.2 Å². The molecule has 0 unspecified atom stereocenters. The Morgan fingerprint density at radius 2 is 1.88 bits per heavy atom. The minimum absolute atomic E-state index is 0.0525. The predicted octanol–water partition coefficient (Wildman–Crippen LogP) is 5.96. The molecule has 2 aromatic heterocycles. The van der Waals surface area contributed by atoms with Gasteiger partial charge in [-0.05, 0) is 76.5 Å². The Kier molecular flexibility index (Phi) is 6.63. The largest absolute Gasteiger partial charge is 0.416 e. The zero-order valence-electron chi connectivity index (χ0n) is 17.8. The number of nitrogens with one attached hydrogen (secondary N) is 1. The fourth-order valence-corrected chi connectivity index (χ4v) is 4.37. The number of fused-ring (bicyclic) bond motifs is 1. The van der Waals surface area contributed by atoms with Crippen molar-refractivity contribution in [3.8, 4) is 0 Å². The number of halogens is 4. The fraction of sp³-hybridized carbons (Fsp3) is 0.174. The highest BCUT2D eigenvalue weighted by molar-refractivity contribution is 7.07. The van der Waals surface area contributed by atoms with Crippen molar-refractivity contribution >= 4 is 57.2 Å². The van der Waals surface area contributed by atoms with Gasteiger partial charge in [0, 0.05) is 18.3 Å². The summed E-state index contributed by atoms with van der Waals surface area (Å²) in [6.07, 6.45) is -4.51. The third-order valence-electron chi connectivity index (χ3n) is 5.04. The quantitative estimate of drug-likeness (QED) is 0.351. The molecule has 34 heavy (non-hydrogen) atoms. The summed E-state index contributed by atoms with van der Waals surface area (Å²) >= 11 is 7.70. The van der Waals surface area contributed by atoms with Crippen LogP contribution in [0.5, 0.6) is 0 Å². The number of alkyl halides is 3. The second-order valence-electron chi connectivity index (χ2n) is 7.51. The molecule has 0 saturated carbocycles. The molecule has 1 N–H and O–H groups in total. The summed E-state index contributed by atoms with van der Waals surface area (Å²) in [4.78, 5) is 30.2. The molecule has 0 spiro atoms. The van der Waals surface area contributed by atoms with E-state index in [0.29, 0.717) is 16.9 Å². The maximum Gasteiger partial charge on any atom is 0.416 e. The topological polar surface area (TPSA) is 67.2 Å². The standard InChI is InChI=1S/C23H18ClF3N4O2S/c1-14(32)28-17-3-5-18(6-4-17)30(11-15-8-9-34-13-15)21(33)12-31-20-7-2-16(23(25,26)27)10-19(20)29-22(31)24/h2-10,13H,11-12H2,1H3,(H,28,32). The van der Waals surface area contributed by atoms with E-state index in [1.807, 2.05) is 16.8 Å². The molecule has 0 aliphatic carbocycles. The molecule has 0 aliphatic heterocycles. The Morgan fingerprint density at radius 3 is 2.50 bits per heavy atom. The molecule has 2 amide bonds. The first-order chi connectivity index (χ1) is 16.1. The lowest BCUT2D eigenvalue weighted by molar-refractivity contribution is -0.137. The van der Waals surface area contributed by atoms with Gasteiger partial charge in [-0.2, -0.15) is 24.5 Å². The second-order valence-corrected chi connectivity index (χ2v) is 8.63. The van der Waals surface area contributed by atoms with Crippen LogP contribution in [0.25, 0.3) is 11.0 Å². The van der Waals surface area contributed by atoms with Gasteiger partial charge < -0.3 is 14.8 Å². The van der Waals surface area contributed by atoms with Crippen LogP contribution in [0.2, 0.25) is 5.28 Å². The maximum atomic E-state index is 13.4. The maximum absolute atomic E-state index is 13.4. The van der Waals surface area contributed by atoms with Crippen LogP contribution in [-0.4, -0.2) is 21.4 Å². The number of amides is 2. The number of carbonyl (C=O) groups is 2. The van der Waals surface area contributed by atoms with Crippen LogP contribution in [0.15, 0.2) is 59.3 Å². The Hall–Kier alpha value is -3.37. The van der Waals surface area contributed by atoms with Crippen LogP contribution in [-0.2, 0) is 28.9 Å². The first kappa shape index (κ1) is 23.8. The smallest absolute Gasteiger partial charge is 0.326 e.